The summed E-state index contributed by atoms with van der Waals surface area (Å²) in [7, 11) is 0. The van der Waals surface area contributed by atoms with Crippen molar-refractivity contribution in [2.45, 2.75) is 51.6 Å². The van der Waals surface area contributed by atoms with Crippen molar-refractivity contribution in [1.29, 1.82) is 0 Å². The van der Waals surface area contributed by atoms with Crippen molar-refractivity contribution in [2.75, 3.05) is 18.0 Å². The molecule has 1 aromatic rings. The van der Waals surface area contributed by atoms with Crippen LogP contribution in [0.3, 0.4) is 0 Å². The van der Waals surface area contributed by atoms with Gasteiger partial charge >= 0.3 is 0 Å². The number of pyridine rings is 1. The molecule has 0 bridgehead atoms. The number of anilines is 1. The number of primary amides is 1. The van der Waals surface area contributed by atoms with Crippen LogP contribution in [0.4, 0.5) is 5.69 Å². The zero-order chi connectivity index (χ0) is 15.0. The molecule has 1 unspecified atom stereocenters. The Balaban J connectivity index is 1.96. The lowest BCUT2D eigenvalue weighted by Gasteiger charge is -2.30. The van der Waals surface area contributed by atoms with Gasteiger partial charge in [-0.15, -0.1) is 0 Å². The summed E-state index contributed by atoms with van der Waals surface area (Å²) >= 11 is 0. The van der Waals surface area contributed by atoms with Gasteiger partial charge in [0.15, 0.2) is 0 Å². The van der Waals surface area contributed by atoms with Crippen molar-refractivity contribution < 1.29 is 4.79 Å². The molecule has 1 aliphatic carbocycles. The van der Waals surface area contributed by atoms with E-state index in [-0.39, 0.29) is 5.91 Å². The number of nitrogens with one attached hydrogen (secondary N) is 1. The molecule has 21 heavy (non-hydrogen) atoms. The number of hydrogen-bond acceptors (Lipinski definition) is 4. The van der Waals surface area contributed by atoms with Gasteiger partial charge in [0.25, 0.3) is 5.91 Å². The normalized spacial score (nSPS) is 21.5. The van der Waals surface area contributed by atoms with Crippen LogP contribution in [0.5, 0.6) is 0 Å². The van der Waals surface area contributed by atoms with E-state index < -0.39 is 0 Å². The molecular formula is C16H24N4O. The van der Waals surface area contributed by atoms with Gasteiger partial charge in [0, 0.05) is 24.3 Å². The average molecular weight is 288 g/mol. The van der Waals surface area contributed by atoms with Crippen LogP contribution in [0.15, 0.2) is 6.07 Å². The SMILES string of the molecule is Cc1cc(N(CC2CCCN2)C2CC2)c(C(N)=O)c(C)n1. The third kappa shape index (κ3) is 3.02. The van der Waals surface area contributed by atoms with Crippen LogP contribution < -0.4 is 16.0 Å². The van der Waals surface area contributed by atoms with Crippen LogP contribution in [0.1, 0.15) is 47.4 Å². The Hall–Kier alpha value is -1.62. The van der Waals surface area contributed by atoms with Gasteiger partial charge in [-0.3, -0.25) is 9.78 Å². The summed E-state index contributed by atoms with van der Waals surface area (Å²) in [4.78, 5) is 18.7. The molecule has 5 nitrogen and oxygen atoms in total. The monoisotopic (exact) mass is 288 g/mol. The van der Waals surface area contributed by atoms with Gasteiger partial charge in [-0.25, -0.2) is 0 Å². The molecule has 1 amide bonds. The summed E-state index contributed by atoms with van der Waals surface area (Å²) < 4.78 is 0. The number of aromatic nitrogens is 1. The molecule has 1 atom stereocenters. The van der Waals surface area contributed by atoms with E-state index in [1.807, 2.05) is 19.9 Å². The lowest BCUT2D eigenvalue weighted by molar-refractivity contribution is 0.0999. The van der Waals surface area contributed by atoms with Crippen molar-refractivity contribution in [3.63, 3.8) is 0 Å². The van der Waals surface area contributed by atoms with Crippen LogP contribution in [0, 0.1) is 13.8 Å². The zero-order valence-corrected chi connectivity index (χ0v) is 12.9. The maximum atomic E-state index is 11.9. The predicted molar refractivity (Wildman–Crippen MR) is 83.6 cm³/mol. The van der Waals surface area contributed by atoms with E-state index in [0.29, 0.717) is 17.6 Å². The van der Waals surface area contributed by atoms with Gasteiger partial charge in [0.1, 0.15) is 0 Å². The van der Waals surface area contributed by atoms with Gasteiger partial charge in [0.2, 0.25) is 0 Å². The Morgan fingerprint density at radius 2 is 2.19 bits per heavy atom. The molecule has 114 valence electrons. The van der Waals surface area contributed by atoms with Crippen LogP contribution >= 0.6 is 0 Å². The number of nitrogens with zero attached hydrogens (tertiary/aromatic N) is 2. The van der Waals surface area contributed by atoms with Gasteiger partial charge in [-0.2, -0.15) is 0 Å². The molecular weight excluding hydrogens is 264 g/mol. The number of rotatable bonds is 5. The highest BCUT2D eigenvalue weighted by Crippen LogP contribution is 2.35. The molecule has 0 spiro atoms. The van der Waals surface area contributed by atoms with Gasteiger partial charge in [-0.05, 0) is 52.1 Å². The topological polar surface area (TPSA) is 71.2 Å². The third-order valence-electron chi connectivity index (χ3n) is 4.43. The molecule has 1 aliphatic heterocycles. The highest BCUT2D eigenvalue weighted by atomic mass is 16.1. The standard InChI is InChI=1S/C16H24N4O/c1-10-8-14(15(16(17)21)11(2)19-10)20(13-5-6-13)9-12-4-3-7-18-12/h8,12-13,18H,3-7,9H2,1-2H3,(H2,17,21). The van der Waals surface area contributed by atoms with Gasteiger partial charge < -0.3 is 16.0 Å². The first-order chi connectivity index (χ1) is 10.1. The summed E-state index contributed by atoms with van der Waals surface area (Å²) in [6.45, 7) is 5.89. The Kier molecular flexibility index (Phi) is 3.85. The van der Waals surface area contributed by atoms with E-state index in [4.69, 9.17) is 5.73 Å². The quantitative estimate of drug-likeness (QED) is 0.861. The average Bonchev–Trinajstić information content (AvgIpc) is 3.11. The molecule has 1 saturated carbocycles. The lowest BCUT2D eigenvalue weighted by Crippen LogP contribution is -2.40. The highest BCUT2D eigenvalue weighted by Gasteiger charge is 2.34. The summed E-state index contributed by atoms with van der Waals surface area (Å²) in [6, 6.07) is 3.08. The summed E-state index contributed by atoms with van der Waals surface area (Å²) in [6.07, 6.45) is 4.84. The van der Waals surface area contributed by atoms with E-state index in [9.17, 15) is 4.79 Å². The van der Waals surface area contributed by atoms with Crippen LogP contribution in [0.2, 0.25) is 0 Å². The molecule has 1 aromatic heterocycles. The number of carbonyl (C=O) groups excluding carboxylic acids is 1. The number of amides is 1. The number of carbonyl (C=O) groups is 1. The Labute approximate surface area is 125 Å². The van der Waals surface area contributed by atoms with E-state index in [1.54, 1.807) is 0 Å². The first-order valence-electron chi connectivity index (χ1n) is 7.84. The lowest BCUT2D eigenvalue weighted by atomic mass is 10.1. The van der Waals surface area contributed by atoms with E-state index in [0.717, 1.165) is 30.2 Å². The summed E-state index contributed by atoms with van der Waals surface area (Å²) in [5.74, 6) is -0.375. The maximum Gasteiger partial charge on any atom is 0.252 e. The second-order valence-corrected chi connectivity index (χ2v) is 6.28. The fourth-order valence-electron chi connectivity index (χ4n) is 3.32. The van der Waals surface area contributed by atoms with Crippen LogP contribution in [-0.2, 0) is 0 Å². The van der Waals surface area contributed by atoms with E-state index >= 15 is 0 Å². The first-order valence-corrected chi connectivity index (χ1v) is 7.84. The van der Waals surface area contributed by atoms with Gasteiger partial charge in [-0.1, -0.05) is 0 Å². The van der Waals surface area contributed by atoms with Crippen molar-refractivity contribution in [3.05, 3.63) is 23.0 Å². The third-order valence-corrected chi connectivity index (χ3v) is 4.43. The van der Waals surface area contributed by atoms with Crippen molar-refractivity contribution in [1.82, 2.24) is 10.3 Å². The molecule has 5 heteroatoms. The molecule has 2 heterocycles. The molecule has 3 rings (SSSR count). The number of nitrogens with two attached hydrogens (primary N) is 1. The predicted octanol–water partition coefficient (Wildman–Crippen LogP) is 1.52. The largest absolute Gasteiger partial charge is 0.366 e. The summed E-state index contributed by atoms with van der Waals surface area (Å²) in [5.41, 5.74) is 8.86. The second kappa shape index (κ2) is 5.64. The maximum absolute atomic E-state index is 11.9. The van der Waals surface area contributed by atoms with Crippen LogP contribution in [0.25, 0.3) is 0 Å². The summed E-state index contributed by atoms with van der Waals surface area (Å²) in [5, 5.41) is 3.54. The first kappa shape index (κ1) is 14.3. The highest BCUT2D eigenvalue weighted by molar-refractivity contribution is 6.00. The van der Waals surface area contributed by atoms with Crippen LogP contribution in [-0.4, -0.2) is 36.1 Å². The van der Waals surface area contributed by atoms with E-state index in [1.165, 1.54) is 25.7 Å². The van der Waals surface area contributed by atoms with Crippen molar-refractivity contribution in [2.24, 2.45) is 5.73 Å². The smallest absolute Gasteiger partial charge is 0.252 e. The Bertz CT molecular complexity index is 547. The minimum Gasteiger partial charge on any atom is -0.366 e. The van der Waals surface area contributed by atoms with Gasteiger partial charge in [0.05, 0.1) is 16.9 Å². The fourth-order valence-corrected chi connectivity index (χ4v) is 3.32. The molecule has 0 aromatic carbocycles. The van der Waals surface area contributed by atoms with Crippen molar-refractivity contribution >= 4 is 11.6 Å². The molecule has 2 fully saturated rings. The molecule has 1 saturated heterocycles. The Morgan fingerprint density at radius 1 is 1.43 bits per heavy atom. The molecule has 3 N–H and O–H groups in total. The van der Waals surface area contributed by atoms with Crippen molar-refractivity contribution in [3.8, 4) is 0 Å². The fraction of sp³-hybridized carbons (Fsp3) is 0.625. The number of hydrogen-bond donors (Lipinski definition) is 2. The zero-order valence-electron chi connectivity index (χ0n) is 12.9. The number of aryl methyl sites for hydroxylation is 2. The Morgan fingerprint density at radius 3 is 2.76 bits per heavy atom. The minimum absolute atomic E-state index is 0.375. The molecule has 0 radical (unpaired) electrons. The second-order valence-electron chi connectivity index (χ2n) is 6.28. The van der Waals surface area contributed by atoms with E-state index in [2.05, 4.69) is 15.2 Å². The molecule has 2 aliphatic rings. The minimum atomic E-state index is -0.375.